The standard InChI is InChI=1S/C22H23NO/c1-17-4-10-20(11-5-17)23(21-12-6-18(2)7-13-21)22-14-8-19(9-15-22)16-24-3/h4-15H,16H2,1-3H3. The molecule has 0 fully saturated rings. The molecule has 0 N–H and O–H groups in total. The number of ether oxygens (including phenoxy) is 1. The van der Waals surface area contributed by atoms with Crippen LogP contribution in [0.15, 0.2) is 72.8 Å². The smallest absolute Gasteiger partial charge is 0.0713 e. The van der Waals surface area contributed by atoms with Crippen molar-refractivity contribution in [3.05, 3.63) is 89.5 Å². The van der Waals surface area contributed by atoms with Gasteiger partial charge in [0.15, 0.2) is 0 Å². The molecule has 2 nitrogen and oxygen atoms in total. The molecule has 0 unspecified atom stereocenters. The summed E-state index contributed by atoms with van der Waals surface area (Å²) in [5.74, 6) is 0. The summed E-state index contributed by atoms with van der Waals surface area (Å²) in [5, 5.41) is 0. The lowest BCUT2D eigenvalue weighted by Crippen LogP contribution is -2.10. The Hall–Kier alpha value is -2.58. The third kappa shape index (κ3) is 3.66. The highest BCUT2D eigenvalue weighted by molar-refractivity contribution is 5.76. The minimum atomic E-state index is 0.634. The maximum Gasteiger partial charge on any atom is 0.0713 e. The number of anilines is 3. The molecule has 0 heterocycles. The molecule has 3 aromatic rings. The predicted octanol–water partition coefficient (Wildman–Crippen LogP) is 5.92. The Morgan fingerprint density at radius 3 is 1.38 bits per heavy atom. The van der Waals surface area contributed by atoms with Crippen LogP contribution in [0.1, 0.15) is 16.7 Å². The molecule has 0 radical (unpaired) electrons. The highest BCUT2D eigenvalue weighted by Gasteiger charge is 2.12. The second kappa shape index (κ2) is 7.33. The Balaban J connectivity index is 2.04. The van der Waals surface area contributed by atoms with Crippen molar-refractivity contribution in [1.29, 1.82) is 0 Å². The first-order chi connectivity index (χ1) is 11.7. The average molecular weight is 317 g/mol. The molecule has 0 bridgehead atoms. The molecule has 0 atom stereocenters. The van der Waals surface area contributed by atoms with Crippen LogP contribution in [0.2, 0.25) is 0 Å². The molecule has 0 spiro atoms. The van der Waals surface area contributed by atoms with E-state index in [1.807, 2.05) is 0 Å². The number of methoxy groups -OCH3 is 1. The van der Waals surface area contributed by atoms with E-state index in [0.29, 0.717) is 6.61 Å². The van der Waals surface area contributed by atoms with Crippen molar-refractivity contribution in [1.82, 2.24) is 0 Å². The van der Waals surface area contributed by atoms with Crippen LogP contribution in [0, 0.1) is 13.8 Å². The second-order valence-electron chi connectivity index (χ2n) is 6.11. The molecule has 0 amide bonds. The van der Waals surface area contributed by atoms with Crippen LogP contribution in [0.5, 0.6) is 0 Å². The molecular formula is C22H23NO. The van der Waals surface area contributed by atoms with E-state index in [1.54, 1.807) is 7.11 Å². The van der Waals surface area contributed by atoms with E-state index in [-0.39, 0.29) is 0 Å². The van der Waals surface area contributed by atoms with Crippen LogP contribution in [0.4, 0.5) is 17.1 Å². The summed E-state index contributed by atoms with van der Waals surface area (Å²) in [6.07, 6.45) is 0. The van der Waals surface area contributed by atoms with Gasteiger partial charge in [0.2, 0.25) is 0 Å². The van der Waals surface area contributed by atoms with Crippen LogP contribution in [0.25, 0.3) is 0 Å². The maximum absolute atomic E-state index is 5.21. The highest BCUT2D eigenvalue weighted by Crippen LogP contribution is 2.34. The van der Waals surface area contributed by atoms with E-state index in [4.69, 9.17) is 4.74 Å². The highest BCUT2D eigenvalue weighted by atomic mass is 16.5. The molecule has 0 aliphatic carbocycles. The van der Waals surface area contributed by atoms with Gasteiger partial charge in [-0.25, -0.2) is 0 Å². The van der Waals surface area contributed by atoms with Gasteiger partial charge in [0.25, 0.3) is 0 Å². The molecule has 0 aliphatic heterocycles. The summed E-state index contributed by atoms with van der Waals surface area (Å²) in [5.41, 5.74) is 7.15. The lowest BCUT2D eigenvalue weighted by molar-refractivity contribution is 0.185. The van der Waals surface area contributed by atoms with E-state index in [2.05, 4.69) is 91.5 Å². The van der Waals surface area contributed by atoms with Gasteiger partial charge < -0.3 is 9.64 Å². The van der Waals surface area contributed by atoms with Crippen LogP contribution < -0.4 is 4.90 Å². The molecule has 122 valence electrons. The van der Waals surface area contributed by atoms with Crippen molar-refractivity contribution in [3.8, 4) is 0 Å². The van der Waals surface area contributed by atoms with Gasteiger partial charge in [-0.3, -0.25) is 0 Å². The Bertz CT molecular complexity index is 728. The van der Waals surface area contributed by atoms with Gasteiger partial charge in [0, 0.05) is 24.2 Å². The van der Waals surface area contributed by atoms with E-state index in [9.17, 15) is 0 Å². The van der Waals surface area contributed by atoms with Crippen LogP contribution in [-0.2, 0) is 11.3 Å². The van der Waals surface area contributed by atoms with Gasteiger partial charge in [0.05, 0.1) is 6.61 Å². The third-order valence-electron chi connectivity index (χ3n) is 4.09. The van der Waals surface area contributed by atoms with Gasteiger partial charge in [-0.2, -0.15) is 0 Å². The summed E-state index contributed by atoms with van der Waals surface area (Å²) in [4.78, 5) is 2.27. The summed E-state index contributed by atoms with van der Waals surface area (Å²) >= 11 is 0. The topological polar surface area (TPSA) is 12.5 Å². The third-order valence-corrected chi connectivity index (χ3v) is 4.09. The van der Waals surface area contributed by atoms with Gasteiger partial charge in [-0.15, -0.1) is 0 Å². The average Bonchev–Trinajstić information content (AvgIpc) is 2.60. The van der Waals surface area contributed by atoms with E-state index < -0.39 is 0 Å². The summed E-state index contributed by atoms with van der Waals surface area (Å²) in [6, 6.07) is 25.8. The zero-order valence-corrected chi connectivity index (χ0v) is 14.5. The van der Waals surface area contributed by atoms with Crippen molar-refractivity contribution in [3.63, 3.8) is 0 Å². The fraction of sp³-hybridized carbons (Fsp3) is 0.182. The van der Waals surface area contributed by atoms with Gasteiger partial charge >= 0.3 is 0 Å². The van der Waals surface area contributed by atoms with E-state index >= 15 is 0 Å². The molecule has 2 heteroatoms. The number of benzene rings is 3. The monoisotopic (exact) mass is 317 g/mol. The minimum Gasteiger partial charge on any atom is -0.380 e. The zero-order valence-electron chi connectivity index (χ0n) is 14.5. The Labute approximate surface area is 144 Å². The Morgan fingerprint density at radius 1 is 0.625 bits per heavy atom. The zero-order chi connectivity index (χ0) is 16.9. The quantitative estimate of drug-likeness (QED) is 0.579. The molecule has 3 aromatic carbocycles. The second-order valence-corrected chi connectivity index (χ2v) is 6.11. The first kappa shape index (κ1) is 16.3. The molecule has 0 aromatic heterocycles. The van der Waals surface area contributed by atoms with Crippen molar-refractivity contribution < 1.29 is 4.74 Å². The molecule has 0 saturated heterocycles. The lowest BCUT2D eigenvalue weighted by atomic mass is 10.1. The fourth-order valence-corrected chi connectivity index (χ4v) is 2.74. The molecule has 3 rings (SSSR count). The van der Waals surface area contributed by atoms with Crippen molar-refractivity contribution in [2.75, 3.05) is 12.0 Å². The van der Waals surface area contributed by atoms with Crippen molar-refractivity contribution in [2.24, 2.45) is 0 Å². The largest absolute Gasteiger partial charge is 0.380 e. The van der Waals surface area contributed by atoms with Crippen molar-refractivity contribution in [2.45, 2.75) is 20.5 Å². The van der Waals surface area contributed by atoms with Crippen LogP contribution in [0.3, 0.4) is 0 Å². The molecule has 24 heavy (non-hydrogen) atoms. The Morgan fingerprint density at radius 2 is 1.00 bits per heavy atom. The number of aryl methyl sites for hydroxylation is 2. The maximum atomic E-state index is 5.21. The lowest BCUT2D eigenvalue weighted by Gasteiger charge is -2.26. The molecule has 0 aliphatic rings. The number of hydrogen-bond donors (Lipinski definition) is 0. The molecular weight excluding hydrogens is 294 g/mol. The predicted molar refractivity (Wildman–Crippen MR) is 101 cm³/mol. The van der Waals surface area contributed by atoms with E-state index in [1.165, 1.54) is 16.7 Å². The first-order valence-electron chi connectivity index (χ1n) is 8.19. The van der Waals surface area contributed by atoms with E-state index in [0.717, 1.165) is 17.1 Å². The van der Waals surface area contributed by atoms with Gasteiger partial charge in [-0.1, -0.05) is 47.5 Å². The number of rotatable bonds is 5. The number of nitrogens with zero attached hydrogens (tertiary/aromatic N) is 1. The molecule has 0 saturated carbocycles. The van der Waals surface area contributed by atoms with Crippen LogP contribution >= 0.6 is 0 Å². The summed E-state index contributed by atoms with van der Waals surface area (Å²) < 4.78 is 5.21. The van der Waals surface area contributed by atoms with Crippen molar-refractivity contribution >= 4 is 17.1 Å². The van der Waals surface area contributed by atoms with Crippen LogP contribution in [-0.4, -0.2) is 7.11 Å². The van der Waals surface area contributed by atoms with Gasteiger partial charge in [0.1, 0.15) is 0 Å². The summed E-state index contributed by atoms with van der Waals surface area (Å²) in [6.45, 7) is 4.86. The Kier molecular flexibility index (Phi) is 4.97. The fourth-order valence-electron chi connectivity index (χ4n) is 2.74. The van der Waals surface area contributed by atoms with Gasteiger partial charge in [-0.05, 0) is 55.8 Å². The SMILES string of the molecule is COCc1ccc(N(c2ccc(C)cc2)c2ccc(C)cc2)cc1. The normalized spacial score (nSPS) is 10.6. The number of hydrogen-bond acceptors (Lipinski definition) is 2. The first-order valence-corrected chi connectivity index (χ1v) is 8.19. The summed E-state index contributed by atoms with van der Waals surface area (Å²) in [7, 11) is 1.72. The minimum absolute atomic E-state index is 0.634.